The molecular formula is C20H21N5S3. The first-order valence-corrected chi connectivity index (χ1v) is 12.0. The summed E-state index contributed by atoms with van der Waals surface area (Å²) < 4.78 is 0. The molecular weight excluding hydrogens is 406 g/mol. The van der Waals surface area contributed by atoms with E-state index in [1.54, 1.807) is 29.7 Å². The minimum Gasteiger partial charge on any atom is -0.340 e. The number of H-pyrrole nitrogens is 2. The topological polar surface area (TPSA) is 70.2 Å². The molecule has 5 nitrogen and oxygen atoms in total. The maximum Gasteiger partial charge on any atom is 0.166 e. The van der Waals surface area contributed by atoms with Crippen molar-refractivity contribution in [3.05, 3.63) is 60.2 Å². The van der Waals surface area contributed by atoms with E-state index in [9.17, 15) is 0 Å². The summed E-state index contributed by atoms with van der Waals surface area (Å²) in [4.78, 5) is 21.3. The average Bonchev–Trinajstić information content (AvgIpc) is 3.37. The fourth-order valence-electron chi connectivity index (χ4n) is 2.73. The van der Waals surface area contributed by atoms with Crippen molar-refractivity contribution in [2.75, 3.05) is 11.5 Å². The summed E-state index contributed by atoms with van der Waals surface area (Å²) in [6.07, 6.45) is 6.72. The number of benzene rings is 1. The molecule has 2 N–H and O–H groups in total. The molecule has 1 aromatic carbocycles. The Balaban J connectivity index is 1.30. The van der Waals surface area contributed by atoms with Gasteiger partial charge in [-0.15, -0.1) is 11.8 Å². The number of para-hydroxylation sites is 2. The van der Waals surface area contributed by atoms with Crippen LogP contribution in [0.15, 0.2) is 64.1 Å². The van der Waals surface area contributed by atoms with Gasteiger partial charge in [0, 0.05) is 35.0 Å². The first kappa shape index (κ1) is 19.4. The van der Waals surface area contributed by atoms with E-state index in [0.717, 1.165) is 50.7 Å². The number of hydrogen-bond donors (Lipinski definition) is 2. The first-order chi connectivity index (χ1) is 13.8. The van der Waals surface area contributed by atoms with Gasteiger partial charge in [-0.1, -0.05) is 35.7 Å². The Morgan fingerprint density at radius 1 is 0.929 bits per heavy atom. The van der Waals surface area contributed by atoms with Crippen LogP contribution in [0.2, 0.25) is 0 Å². The summed E-state index contributed by atoms with van der Waals surface area (Å²) in [7, 11) is 0. The molecule has 28 heavy (non-hydrogen) atoms. The SMILES string of the molecule is Cc1c(SCCCSc2ncc[nH]2)ccnc1CSc1nc2ccccc2[nH]1. The Bertz CT molecular complexity index is 996. The van der Waals surface area contributed by atoms with Gasteiger partial charge in [0.1, 0.15) is 0 Å². The summed E-state index contributed by atoms with van der Waals surface area (Å²) >= 11 is 5.38. The second kappa shape index (κ2) is 9.54. The quantitative estimate of drug-likeness (QED) is 0.269. The largest absolute Gasteiger partial charge is 0.340 e. The zero-order chi connectivity index (χ0) is 19.2. The van der Waals surface area contributed by atoms with E-state index < -0.39 is 0 Å². The molecule has 0 atom stereocenters. The molecule has 144 valence electrons. The van der Waals surface area contributed by atoms with Crippen molar-refractivity contribution in [1.29, 1.82) is 0 Å². The van der Waals surface area contributed by atoms with Crippen LogP contribution in [0.4, 0.5) is 0 Å². The third-order valence-corrected chi connectivity index (χ3v) is 7.35. The minimum atomic E-state index is 0.814. The third-order valence-electron chi connectivity index (χ3n) is 4.23. The monoisotopic (exact) mass is 427 g/mol. The number of rotatable bonds is 9. The lowest BCUT2D eigenvalue weighted by Crippen LogP contribution is -1.95. The van der Waals surface area contributed by atoms with Crippen LogP contribution in [0.5, 0.6) is 0 Å². The van der Waals surface area contributed by atoms with Gasteiger partial charge in [-0.2, -0.15) is 0 Å². The summed E-state index contributed by atoms with van der Waals surface area (Å²) in [6, 6.07) is 10.2. The highest BCUT2D eigenvalue weighted by Gasteiger charge is 2.09. The van der Waals surface area contributed by atoms with Crippen molar-refractivity contribution < 1.29 is 0 Å². The van der Waals surface area contributed by atoms with E-state index in [4.69, 9.17) is 0 Å². The van der Waals surface area contributed by atoms with Crippen LogP contribution >= 0.6 is 35.3 Å². The number of imidazole rings is 2. The Morgan fingerprint density at radius 2 is 1.82 bits per heavy atom. The number of aromatic nitrogens is 5. The number of nitrogens with one attached hydrogen (secondary N) is 2. The van der Waals surface area contributed by atoms with E-state index in [2.05, 4.69) is 44.0 Å². The molecule has 0 fully saturated rings. The number of nitrogens with zero attached hydrogens (tertiary/aromatic N) is 3. The Morgan fingerprint density at radius 3 is 2.68 bits per heavy atom. The molecule has 0 aliphatic heterocycles. The van der Waals surface area contributed by atoms with Gasteiger partial charge in [0.15, 0.2) is 10.3 Å². The molecule has 0 bridgehead atoms. The van der Waals surface area contributed by atoms with Crippen LogP contribution in [0.3, 0.4) is 0 Å². The molecule has 0 radical (unpaired) electrons. The molecule has 3 aromatic heterocycles. The fourth-order valence-corrected chi connectivity index (χ4v) is 5.60. The summed E-state index contributed by atoms with van der Waals surface area (Å²) in [6.45, 7) is 2.17. The highest BCUT2D eigenvalue weighted by Crippen LogP contribution is 2.29. The van der Waals surface area contributed by atoms with Gasteiger partial charge >= 0.3 is 0 Å². The molecule has 0 saturated carbocycles. The second-order valence-corrected chi connectivity index (χ2v) is 9.36. The lowest BCUT2D eigenvalue weighted by molar-refractivity contribution is 1.04. The molecule has 0 spiro atoms. The standard InChI is InChI=1S/C20H21N5S3/c1-14-17(13-28-20-24-15-5-2-3-6-16(15)25-20)21-8-7-18(14)26-11-4-12-27-19-22-9-10-23-19/h2-3,5-10H,4,11-13H2,1H3,(H,22,23)(H,24,25). The average molecular weight is 428 g/mol. The van der Waals surface area contributed by atoms with Gasteiger partial charge in [-0.25, -0.2) is 9.97 Å². The molecule has 0 unspecified atom stereocenters. The molecule has 4 aromatic rings. The number of hydrogen-bond acceptors (Lipinski definition) is 6. The van der Waals surface area contributed by atoms with Gasteiger partial charge in [-0.05, 0) is 42.9 Å². The smallest absolute Gasteiger partial charge is 0.166 e. The Hall–Kier alpha value is -1.90. The van der Waals surface area contributed by atoms with E-state index in [-0.39, 0.29) is 0 Å². The van der Waals surface area contributed by atoms with Crippen LogP contribution < -0.4 is 0 Å². The first-order valence-electron chi connectivity index (χ1n) is 9.06. The maximum absolute atomic E-state index is 4.64. The van der Waals surface area contributed by atoms with Crippen molar-refractivity contribution in [3.63, 3.8) is 0 Å². The van der Waals surface area contributed by atoms with Gasteiger partial charge in [-0.3, -0.25) is 4.98 Å². The summed E-state index contributed by atoms with van der Waals surface area (Å²) in [5.74, 6) is 2.97. The molecule has 0 saturated heterocycles. The van der Waals surface area contributed by atoms with Crippen molar-refractivity contribution in [1.82, 2.24) is 24.9 Å². The predicted octanol–water partition coefficient (Wildman–Crippen LogP) is 5.56. The van der Waals surface area contributed by atoms with Crippen LogP contribution in [-0.4, -0.2) is 36.4 Å². The zero-order valence-electron chi connectivity index (χ0n) is 15.5. The van der Waals surface area contributed by atoms with Gasteiger partial charge in [0.2, 0.25) is 0 Å². The van der Waals surface area contributed by atoms with Crippen molar-refractivity contribution in [2.24, 2.45) is 0 Å². The minimum absolute atomic E-state index is 0.814. The predicted molar refractivity (Wildman–Crippen MR) is 119 cm³/mol. The summed E-state index contributed by atoms with van der Waals surface area (Å²) in [5.41, 5.74) is 4.48. The van der Waals surface area contributed by atoms with Gasteiger partial charge in [0.05, 0.1) is 16.7 Å². The van der Waals surface area contributed by atoms with E-state index in [1.165, 1.54) is 10.5 Å². The van der Waals surface area contributed by atoms with E-state index in [1.807, 2.05) is 42.4 Å². The van der Waals surface area contributed by atoms with E-state index in [0.29, 0.717) is 0 Å². The third kappa shape index (κ3) is 4.92. The molecule has 0 aliphatic rings. The second-order valence-electron chi connectivity index (χ2n) is 6.17. The highest BCUT2D eigenvalue weighted by molar-refractivity contribution is 8.00. The van der Waals surface area contributed by atoms with Crippen LogP contribution in [0.25, 0.3) is 11.0 Å². The lowest BCUT2D eigenvalue weighted by atomic mass is 10.2. The fraction of sp³-hybridized carbons (Fsp3) is 0.250. The highest BCUT2D eigenvalue weighted by atomic mass is 32.2. The van der Waals surface area contributed by atoms with Gasteiger partial charge < -0.3 is 9.97 Å². The number of thioether (sulfide) groups is 3. The maximum atomic E-state index is 4.64. The van der Waals surface area contributed by atoms with Crippen molar-refractivity contribution in [2.45, 2.75) is 34.3 Å². The van der Waals surface area contributed by atoms with E-state index >= 15 is 0 Å². The number of fused-ring (bicyclic) bond motifs is 1. The van der Waals surface area contributed by atoms with Crippen LogP contribution in [0, 0.1) is 6.92 Å². The normalized spacial score (nSPS) is 11.3. The number of pyridine rings is 1. The zero-order valence-corrected chi connectivity index (χ0v) is 18.0. The summed E-state index contributed by atoms with van der Waals surface area (Å²) in [5, 5.41) is 1.94. The molecule has 4 rings (SSSR count). The van der Waals surface area contributed by atoms with Crippen molar-refractivity contribution >= 4 is 46.3 Å². The van der Waals surface area contributed by atoms with Gasteiger partial charge in [0.25, 0.3) is 0 Å². The molecule has 3 heterocycles. The van der Waals surface area contributed by atoms with Crippen LogP contribution in [0.1, 0.15) is 17.7 Å². The molecule has 0 amide bonds. The number of aromatic amines is 2. The Labute approximate surface area is 176 Å². The lowest BCUT2D eigenvalue weighted by Gasteiger charge is -2.09. The molecule has 0 aliphatic carbocycles. The molecule has 8 heteroatoms. The van der Waals surface area contributed by atoms with Crippen LogP contribution in [-0.2, 0) is 5.75 Å². The van der Waals surface area contributed by atoms with Crippen molar-refractivity contribution in [3.8, 4) is 0 Å². The Kier molecular flexibility index (Phi) is 6.61.